The number of aromatic nitrogens is 1. The van der Waals surface area contributed by atoms with Gasteiger partial charge in [-0.05, 0) is 28.0 Å². The molecule has 7 nitrogen and oxygen atoms in total. The van der Waals surface area contributed by atoms with Gasteiger partial charge in [-0.2, -0.15) is 13.5 Å². The standard InChI is InChI=1S/C20H18BN3O4.H2S/c22-10-16(15-2-1-3-17-19(15)20(26)24-28-21(17)27)18(25)9-12-4-5-14-11-23-7-6-13(14)8-12;/h1-8,11,16,27H,9-10,22H2,(H,24,26);1H2/t16-;/m1./s1. The quantitative estimate of drug-likeness (QED) is 0.531. The maximum atomic E-state index is 13.0. The van der Waals surface area contributed by atoms with E-state index in [9.17, 15) is 14.6 Å². The number of hydrogen-bond acceptors (Lipinski definition) is 6. The number of carbonyl (C=O) groups is 2. The summed E-state index contributed by atoms with van der Waals surface area (Å²) in [4.78, 5) is 29.4. The van der Waals surface area contributed by atoms with Crippen LogP contribution in [0.3, 0.4) is 0 Å². The van der Waals surface area contributed by atoms with Gasteiger partial charge >= 0.3 is 7.12 Å². The van der Waals surface area contributed by atoms with Gasteiger partial charge in [-0.3, -0.25) is 19.3 Å². The van der Waals surface area contributed by atoms with Gasteiger partial charge in [0, 0.05) is 36.3 Å². The van der Waals surface area contributed by atoms with Crippen LogP contribution in [0, 0.1) is 0 Å². The number of nitrogens with two attached hydrogens (primary N) is 1. The highest BCUT2D eigenvalue weighted by atomic mass is 32.1. The molecule has 9 heteroatoms. The molecule has 148 valence electrons. The van der Waals surface area contributed by atoms with Gasteiger partial charge < -0.3 is 10.8 Å². The Labute approximate surface area is 174 Å². The maximum Gasteiger partial charge on any atom is 0.515 e. The van der Waals surface area contributed by atoms with Crippen LogP contribution in [-0.4, -0.2) is 35.4 Å². The average Bonchev–Trinajstić information content (AvgIpc) is 2.71. The zero-order valence-electron chi connectivity index (χ0n) is 15.5. The largest absolute Gasteiger partial charge is 0.515 e. The fourth-order valence-corrected chi connectivity index (χ4v) is 3.57. The van der Waals surface area contributed by atoms with E-state index in [1.165, 1.54) is 0 Å². The van der Waals surface area contributed by atoms with Crippen molar-refractivity contribution >= 4 is 48.5 Å². The first kappa shape index (κ1) is 21.0. The van der Waals surface area contributed by atoms with Crippen LogP contribution < -0.4 is 16.7 Å². The second kappa shape index (κ2) is 8.75. The minimum atomic E-state index is -1.28. The molecular formula is C20H20BN3O4S. The summed E-state index contributed by atoms with van der Waals surface area (Å²) in [6.07, 6.45) is 3.66. The lowest BCUT2D eigenvalue weighted by Crippen LogP contribution is -2.51. The number of pyridine rings is 1. The van der Waals surface area contributed by atoms with Crippen LogP contribution in [0.1, 0.15) is 27.4 Å². The second-order valence-corrected chi connectivity index (χ2v) is 6.70. The molecule has 0 spiro atoms. The molecular weight excluding hydrogens is 389 g/mol. The van der Waals surface area contributed by atoms with E-state index in [4.69, 9.17) is 10.5 Å². The summed E-state index contributed by atoms with van der Waals surface area (Å²) in [7, 11) is -1.28. The number of fused-ring (bicyclic) bond motifs is 2. The van der Waals surface area contributed by atoms with Crippen molar-refractivity contribution in [3.05, 3.63) is 71.5 Å². The van der Waals surface area contributed by atoms with E-state index >= 15 is 0 Å². The Balaban J connectivity index is 0.00000240. The highest BCUT2D eigenvalue weighted by Crippen LogP contribution is 2.24. The van der Waals surface area contributed by atoms with Crippen molar-refractivity contribution in [3.63, 3.8) is 0 Å². The number of ketones is 1. The number of carbonyl (C=O) groups excluding carboxylic acids is 2. The number of hydrogen-bond donors (Lipinski definition) is 3. The first-order chi connectivity index (χ1) is 13.6. The van der Waals surface area contributed by atoms with Crippen LogP contribution in [0.25, 0.3) is 10.8 Å². The molecule has 0 fully saturated rings. The third kappa shape index (κ3) is 4.04. The number of benzene rings is 2. The summed E-state index contributed by atoms with van der Waals surface area (Å²) in [5.41, 5.74) is 10.0. The van der Waals surface area contributed by atoms with Crippen molar-refractivity contribution in [3.8, 4) is 0 Å². The Kier molecular flexibility index (Phi) is 6.34. The first-order valence-electron chi connectivity index (χ1n) is 8.91. The van der Waals surface area contributed by atoms with Crippen LogP contribution >= 0.6 is 13.5 Å². The molecule has 0 unspecified atom stereocenters. The molecule has 29 heavy (non-hydrogen) atoms. The molecule has 0 bridgehead atoms. The van der Waals surface area contributed by atoms with Crippen LogP contribution in [0.2, 0.25) is 0 Å². The zero-order chi connectivity index (χ0) is 19.7. The summed E-state index contributed by atoms with van der Waals surface area (Å²) < 4.78 is 4.82. The topological polar surface area (TPSA) is 115 Å². The van der Waals surface area contributed by atoms with Crippen LogP contribution in [-0.2, 0) is 16.0 Å². The third-order valence-corrected chi connectivity index (χ3v) is 4.97. The molecule has 2 aromatic carbocycles. The van der Waals surface area contributed by atoms with Crippen LogP contribution in [0.15, 0.2) is 54.9 Å². The van der Waals surface area contributed by atoms with Crippen molar-refractivity contribution in [1.29, 1.82) is 0 Å². The predicted molar refractivity (Wildman–Crippen MR) is 115 cm³/mol. The van der Waals surface area contributed by atoms with E-state index in [1.807, 2.05) is 24.3 Å². The molecule has 0 aliphatic carbocycles. The molecule has 4 rings (SSSR count). The Morgan fingerprint density at radius 3 is 2.86 bits per heavy atom. The van der Waals surface area contributed by atoms with E-state index in [0.717, 1.165) is 16.3 Å². The lowest BCUT2D eigenvalue weighted by molar-refractivity contribution is -0.119. The summed E-state index contributed by atoms with van der Waals surface area (Å²) >= 11 is 0. The van der Waals surface area contributed by atoms with E-state index in [2.05, 4.69) is 10.5 Å². The van der Waals surface area contributed by atoms with Gasteiger partial charge in [0.05, 0.1) is 5.92 Å². The molecule has 2 heterocycles. The lowest BCUT2D eigenvalue weighted by Gasteiger charge is -2.24. The smallest absolute Gasteiger partial charge is 0.422 e. The SMILES string of the molecule is NC[C@@H](C(=O)Cc1ccc2cnccc2c1)c1cccc2c1C(=O)NOB2O.S. The first-order valence-corrected chi connectivity index (χ1v) is 8.91. The number of nitrogens with zero attached hydrogens (tertiary/aromatic N) is 1. The highest BCUT2D eigenvalue weighted by molar-refractivity contribution is 7.59. The van der Waals surface area contributed by atoms with Crippen LogP contribution in [0.5, 0.6) is 0 Å². The monoisotopic (exact) mass is 409 g/mol. The Morgan fingerprint density at radius 2 is 2.07 bits per heavy atom. The maximum absolute atomic E-state index is 13.0. The fourth-order valence-electron chi connectivity index (χ4n) is 3.57. The number of Topliss-reactive ketones (excluding diaryl/α,β-unsaturated/α-hetero) is 1. The van der Waals surface area contributed by atoms with Crippen molar-refractivity contribution in [2.24, 2.45) is 5.73 Å². The van der Waals surface area contributed by atoms with Crippen molar-refractivity contribution < 1.29 is 19.4 Å². The molecule has 1 aromatic heterocycles. The molecule has 1 aliphatic rings. The second-order valence-electron chi connectivity index (χ2n) is 6.70. The van der Waals surface area contributed by atoms with Gasteiger partial charge in [-0.25, -0.2) is 5.48 Å². The molecule has 0 saturated carbocycles. The number of nitrogens with one attached hydrogen (secondary N) is 1. The molecule has 1 aliphatic heterocycles. The minimum absolute atomic E-state index is 0. The van der Waals surface area contributed by atoms with Gasteiger partial charge in [-0.1, -0.05) is 36.4 Å². The van der Waals surface area contributed by atoms with Gasteiger partial charge in [0.25, 0.3) is 5.91 Å². The normalized spacial score (nSPS) is 14.0. The fraction of sp³-hybridized carbons (Fsp3) is 0.150. The molecule has 1 amide bonds. The van der Waals surface area contributed by atoms with E-state index in [1.54, 1.807) is 30.6 Å². The molecule has 3 aromatic rings. The lowest BCUT2D eigenvalue weighted by atomic mass is 9.72. The summed E-state index contributed by atoms with van der Waals surface area (Å²) in [6, 6.07) is 12.6. The average molecular weight is 409 g/mol. The number of amides is 1. The molecule has 0 saturated heterocycles. The molecule has 4 N–H and O–H groups in total. The van der Waals surface area contributed by atoms with Gasteiger partial charge in [0.15, 0.2) is 0 Å². The van der Waals surface area contributed by atoms with Gasteiger partial charge in [0.2, 0.25) is 0 Å². The Bertz CT molecular complexity index is 1080. The van der Waals surface area contributed by atoms with Crippen molar-refractivity contribution in [2.75, 3.05) is 6.54 Å². The summed E-state index contributed by atoms with van der Waals surface area (Å²) in [5, 5.41) is 12.0. The van der Waals surface area contributed by atoms with Crippen molar-refractivity contribution in [1.82, 2.24) is 10.5 Å². The molecule has 0 radical (unpaired) electrons. The van der Waals surface area contributed by atoms with E-state index < -0.39 is 18.9 Å². The van der Waals surface area contributed by atoms with Gasteiger partial charge in [0.1, 0.15) is 5.78 Å². The van der Waals surface area contributed by atoms with E-state index in [0.29, 0.717) is 11.0 Å². The summed E-state index contributed by atoms with van der Waals surface area (Å²) in [5.74, 6) is -1.27. The third-order valence-electron chi connectivity index (χ3n) is 4.97. The van der Waals surface area contributed by atoms with Gasteiger partial charge in [-0.15, -0.1) is 0 Å². The molecule has 1 atom stereocenters. The number of rotatable bonds is 5. The Morgan fingerprint density at radius 1 is 1.24 bits per heavy atom. The zero-order valence-corrected chi connectivity index (χ0v) is 16.5. The van der Waals surface area contributed by atoms with Crippen LogP contribution in [0.4, 0.5) is 0 Å². The Hall–Kier alpha value is -2.72. The summed E-state index contributed by atoms with van der Waals surface area (Å²) in [6.45, 7) is 0.0526. The number of hydroxylamine groups is 1. The van der Waals surface area contributed by atoms with E-state index in [-0.39, 0.29) is 37.8 Å². The minimum Gasteiger partial charge on any atom is -0.422 e. The predicted octanol–water partition coefficient (Wildman–Crippen LogP) is 0.564. The van der Waals surface area contributed by atoms with Crippen molar-refractivity contribution in [2.45, 2.75) is 12.3 Å². The highest BCUT2D eigenvalue weighted by Gasteiger charge is 2.34.